The van der Waals surface area contributed by atoms with Gasteiger partial charge in [0.15, 0.2) is 6.20 Å². The summed E-state index contributed by atoms with van der Waals surface area (Å²) in [5.74, 6) is 0. The van der Waals surface area contributed by atoms with Crippen LogP contribution in [0.5, 0.6) is 0 Å². The van der Waals surface area contributed by atoms with Crippen LogP contribution in [0.4, 0.5) is 0 Å². The van der Waals surface area contributed by atoms with Crippen LogP contribution in [-0.2, 0) is 7.05 Å². The van der Waals surface area contributed by atoms with Crippen molar-refractivity contribution in [1.82, 2.24) is 9.97 Å². The molecule has 0 fully saturated rings. The highest BCUT2D eigenvalue weighted by molar-refractivity contribution is 6.00. The van der Waals surface area contributed by atoms with Gasteiger partial charge in [-0.25, -0.2) is 0 Å². The highest BCUT2D eigenvalue weighted by atomic mass is 14.9. The van der Waals surface area contributed by atoms with Crippen LogP contribution in [0, 0.1) is 6.92 Å². The van der Waals surface area contributed by atoms with Gasteiger partial charge in [-0.1, -0.05) is 36.4 Å². The Morgan fingerprint density at radius 1 is 0.917 bits per heavy atom. The quantitative estimate of drug-likeness (QED) is 0.522. The second-order valence-electron chi connectivity index (χ2n) is 5.96. The largest absolute Gasteiger partial charge is 0.261 e. The standard InChI is InChI=1S/C21H18N3/c1-15-7-3-5-9-17(15)21-20(19-13-22-11-12-23-19)18-10-6-4-8-16(18)14-24(21)2/h3-14H,1-2H3/q+1. The van der Waals surface area contributed by atoms with E-state index in [1.807, 2.05) is 6.20 Å². The molecule has 2 aromatic carbocycles. The van der Waals surface area contributed by atoms with Gasteiger partial charge in [0, 0.05) is 28.7 Å². The molecular formula is C21H18N3+. The van der Waals surface area contributed by atoms with Gasteiger partial charge in [-0.3, -0.25) is 9.97 Å². The number of benzene rings is 2. The predicted molar refractivity (Wildman–Crippen MR) is 96.3 cm³/mol. The lowest BCUT2D eigenvalue weighted by Crippen LogP contribution is -2.31. The van der Waals surface area contributed by atoms with Crippen LogP contribution in [0.15, 0.2) is 73.3 Å². The van der Waals surface area contributed by atoms with Crippen LogP contribution in [-0.4, -0.2) is 9.97 Å². The second kappa shape index (κ2) is 5.85. The van der Waals surface area contributed by atoms with Gasteiger partial charge in [-0.2, -0.15) is 4.57 Å². The summed E-state index contributed by atoms with van der Waals surface area (Å²) in [7, 11) is 2.09. The first kappa shape index (κ1) is 14.5. The van der Waals surface area contributed by atoms with Crippen molar-refractivity contribution in [2.45, 2.75) is 6.92 Å². The third-order valence-corrected chi connectivity index (χ3v) is 4.37. The highest BCUT2D eigenvalue weighted by Crippen LogP contribution is 2.35. The number of hydrogen-bond acceptors (Lipinski definition) is 2. The van der Waals surface area contributed by atoms with Crippen LogP contribution in [0.2, 0.25) is 0 Å². The number of aryl methyl sites for hydroxylation is 2. The summed E-state index contributed by atoms with van der Waals surface area (Å²) in [6.07, 6.45) is 7.47. The normalized spacial score (nSPS) is 10.9. The molecule has 0 spiro atoms. The molecule has 0 aliphatic carbocycles. The van der Waals surface area contributed by atoms with E-state index in [0.29, 0.717) is 0 Å². The molecule has 0 bridgehead atoms. The van der Waals surface area contributed by atoms with Gasteiger partial charge >= 0.3 is 0 Å². The fourth-order valence-electron chi connectivity index (χ4n) is 3.27. The van der Waals surface area contributed by atoms with Crippen molar-refractivity contribution in [3.8, 4) is 22.5 Å². The molecule has 0 radical (unpaired) electrons. The number of aromatic nitrogens is 3. The Bertz CT molecular complexity index is 1020. The fraction of sp³-hybridized carbons (Fsp3) is 0.0952. The molecule has 0 unspecified atom stereocenters. The lowest BCUT2D eigenvalue weighted by atomic mass is 9.95. The summed E-state index contributed by atoms with van der Waals surface area (Å²) in [4.78, 5) is 8.86. The van der Waals surface area contributed by atoms with Crippen molar-refractivity contribution in [1.29, 1.82) is 0 Å². The van der Waals surface area contributed by atoms with Gasteiger partial charge < -0.3 is 0 Å². The number of nitrogens with zero attached hydrogens (tertiary/aromatic N) is 3. The maximum atomic E-state index is 4.58. The first-order valence-electron chi connectivity index (χ1n) is 7.99. The van der Waals surface area contributed by atoms with Gasteiger partial charge in [-0.15, -0.1) is 0 Å². The summed E-state index contributed by atoms with van der Waals surface area (Å²) in [5, 5.41) is 2.38. The molecule has 4 aromatic rings. The minimum Gasteiger partial charge on any atom is -0.261 e. The first-order chi connectivity index (χ1) is 11.8. The molecule has 4 rings (SSSR count). The molecule has 2 aromatic heterocycles. The molecule has 0 atom stereocenters. The Morgan fingerprint density at radius 3 is 2.50 bits per heavy atom. The van der Waals surface area contributed by atoms with Crippen molar-refractivity contribution < 1.29 is 4.57 Å². The van der Waals surface area contributed by atoms with E-state index in [1.165, 1.54) is 21.9 Å². The maximum absolute atomic E-state index is 4.58. The van der Waals surface area contributed by atoms with Crippen molar-refractivity contribution in [3.05, 3.63) is 78.9 Å². The Labute approximate surface area is 141 Å². The van der Waals surface area contributed by atoms with Gasteiger partial charge in [0.05, 0.1) is 17.5 Å². The molecule has 0 N–H and O–H groups in total. The van der Waals surface area contributed by atoms with Crippen molar-refractivity contribution in [2.24, 2.45) is 7.05 Å². The predicted octanol–water partition coefficient (Wildman–Crippen LogP) is 4.10. The molecule has 3 heteroatoms. The average molecular weight is 312 g/mol. The number of rotatable bonds is 2. The van der Waals surface area contributed by atoms with Gasteiger partial charge in [0.1, 0.15) is 7.05 Å². The number of hydrogen-bond donors (Lipinski definition) is 0. The van der Waals surface area contributed by atoms with E-state index in [0.717, 1.165) is 17.0 Å². The molecule has 2 heterocycles. The molecule has 0 amide bonds. The zero-order valence-electron chi connectivity index (χ0n) is 13.8. The zero-order valence-corrected chi connectivity index (χ0v) is 13.8. The SMILES string of the molecule is Cc1ccccc1-c1c(-c2cnccn2)c2ccccc2c[n+]1C. The molecule has 0 saturated carbocycles. The zero-order chi connectivity index (χ0) is 16.5. The lowest BCUT2D eigenvalue weighted by molar-refractivity contribution is -0.658. The smallest absolute Gasteiger partial charge is 0.222 e. The molecule has 0 aliphatic rings. The average Bonchev–Trinajstić information content (AvgIpc) is 2.62. The Kier molecular flexibility index (Phi) is 3.54. The molecular weight excluding hydrogens is 294 g/mol. The first-order valence-corrected chi connectivity index (χ1v) is 7.99. The third kappa shape index (κ3) is 2.35. The Balaban J connectivity index is 2.17. The van der Waals surface area contributed by atoms with Crippen LogP contribution in [0.25, 0.3) is 33.3 Å². The third-order valence-electron chi connectivity index (χ3n) is 4.37. The van der Waals surface area contributed by atoms with E-state index < -0.39 is 0 Å². The van der Waals surface area contributed by atoms with Crippen LogP contribution in [0.1, 0.15) is 5.56 Å². The molecule has 24 heavy (non-hydrogen) atoms. The molecule has 116 valence electrons. The highest BCUT2D eigenvalue weighted by Gasteiger charge is 2.23. The van der Waals surface area contributed by atoms with Crippen molar-refractivity contribution in [3.63, 3.8) is 0 Å². The van der Waals surface area contributed by atoms with Gasteiger partial charge in [0.2, 0.25) is 5.69 Å². The van der Waals surface area contributed by atoms with Gasteiger partial charge in [-0.05, 0) is 24.6 Å². The molecule has 0 aliphatic heterocycles. The molecule has 0 saturated heterocycles. The molecule has 3 nitrogen and oxygen atoms in total. The van der Waals surface area contributed by atoms with E-state index >= 15 is 0 Å². The lowest BCUT2D eigenvalue weighted by Gasteiger charge is -2.12. The summed E-state index contributed by atoms with van der Waals surface area (Å²) in [5.41, 5.74) is 5.63. The number of pyridine rings is 1. The van der Waals surface area contributed by atoms with Crippen LogP contribution < -0.4 is 4.57 Å². The monoisotopic (exact) mass is 312 g/mol. The summed E-state index contributed by atoms with van der Waals surface area (Å²) in [6.45, 7) is 2.14. The fourth-order valence-corrected chi connectivity index (χ4v) is 3.27. The second-order valence-corrected chi connectivity index (χ2v) is 5.96. The van der Waals surface area contributed by atoms with E-state index in [1.54, 1.807) is 12.4 Å². The van der Waals surface area contributed by atoms with E-state index in [2.05, 4.69) is 83.2 Å². The Morgan fingerprint density at radius 2 is 1.71 bits per heavy atom. The van der Waals surface area contributed by atoms with E-state index in [4.69, 9.17) is 0 Å². The van der Waals surface area contributed by atoms with Crippen LogP contribution >= 0.6 is 0 Å². The van der Waals surface area contributed by atoms with Gasteiger partial charge in [0.25, 0.3) is 0 Å². The minimum atomic E-state index is 0.892. The Hall–Kier alpha value is -3.07. The summed E-state index contributed by atoms with van der Waals surface area (Å²) < 4.78 is 2.19. The van der Waals surface area contributed by atoms with E-state index in [9.17, 15) is 0 Å². The van der Waals surface area contributed by atoms with E-state index in [-0.39, 0.29) is 0 Å². The number of fused-ring (bicyclic) bond motifs is 1. The summed E-state index contributed by atoms with van der Waals surface area (Å²) in [6, 6.07) is 16.9. The maximum Gasteiger partial charge on any atom is 0.222 e. The van der Waals surface area contributed by atoms with Crippen molar-refractivity contribution in [2.75, 3.05) is 0 Å². The van der Waals surface area contributed by atoms with Crippen molar-refractivity contribution >= 4 is 10.8 Å². The van der Waals surface area contributed by atoms with Crippen LogP contribution in [0.3, 0.4) is 0 Å². The summed E-state index contributed by atoms with van der Waals surface area (Å²) >= 11 is 0. The minimum absolute atomic E-state index is 0.892. The topological polar surface area (TPSA) is 29.7 Å².